The Morgan fingerprint density at radius 1 is 1.09 bits per heavy atom. The average Bonchev–Trinajstić information content (AvgIpc) is 2.92. The van der Waals surface area contributed by atoms with Crippen LogP contribution in [0.15, 0.2) is 42.5 Å². The van der Waals surface area contributed by atoms with Gasteiger partial charge in [-0.2, -0.15) is 0 Å². The summed E-state index contributed by atoms with van der Waals surface area (Å²) in [6.07, 6.45) is 0. The van der Waals surface area contributed by atoms with Crippen LogP contribution in [-0.2, 0) is 0 Å². The third kappa shape index (κ3) is 3.35. The normalized spacial score (nSPS) is 10.5. The molecular weight excluding hydrogens is 312 g/mol. The Bertz CT molecular complexity index is 793. The van der Waals surface area contributed by atoms with E-state index in [2.05, 4.69) is 47.1 Å². The number of thiazole rings is 1. The van der Waals surface area contributed by atoms with E-state index >= 15 is 0 Å². The summed E-state index contributed by atoms with van der Waals surface area (Å²) >= 11 is 6.86. The highest BCUT2D eigenvalue weighted by molar-refractivity contribution is 7.80. The Balaban J connectivity index is 1.60. The minimum absolute atomic E-state index is 0.502. The van der Waals surface area contributed by atoms with Crippen LogP contribution in [0.5, 0.6) is 0 Å². The monoisotopic (exact) mass is 328 g/mol. The van der Waals surface area contributed by atoms with E-state index in [1.165, 1.54) is 11.1 Å². The number of rotatable bonds is 3. The van der Waals surface area contributed by atoms with Gasteiger partial charge in [0.05, 0.1) is 10.2 Å². The number of fused-ring (bicyclic) bond motifs is 1. The molecule has 0 aliphatic carbocycles. The number of hydrazine groups is 1. The summed E-state index contributed by atoms with van der Waals surface area (Å²) in [7, 11) is 0. The molecule has 0 unspecified atom stereocenters. The van der Waals surface area contributed by atoms with Crippen molar-refractivity contribution in [1.29, 1.82) is 0 Å². The van der Waals surface area contributed by atoms with Gasteiger partial charge < -0.3 is 5.32 Å². The summed E-state index contributed by atoms with van der Waals surface area (Å²) in [6, 6.07) is 14.2. The smallest absolute Gasteiger partial charge is 0.202 e. The fraction of sp³-hybridized carbons (Fsp3) is 0.125. The first-order valence-corrected chi connectivity index (χ1v) is 8.10. The second-order valence-corrected chi connectivity index (χ2v) is 6.43. The van der Waals surface area contributed by atoms with Crippen molar-refractivity contribution in [2.75, 3.05) is 10.7 Å². The molecule has 0 saturated carbocycles. The molecule has 0 fully saturated rings. The molecule has 3 aromatic rings. The maximum atomic E-state index is 5.28. The van der Waals surface area contributed by atoms with Gasteiger partial charge >= 0.3 is 0 Å². The molecule has 0 bridgehead atoms. The highest BCUT2D eigenvalue weighted by Crippen LogP contribution is 2.24. The zero-order valence-electron chi connectivity index (χ0n) is 12.3. The van der Waals surface area contributed by atoms with Crippen LogP contribution in [0, 0.1) is 13.8 Å². The van der Waals surface area contributed by atoms with Gasteiger partial charge in [-0.05, 0) is 61.5 Å². The van der Waals surface area contributed by atoms with Crippen LogP contribution in [0.3, 0.4) is 0 Å². The first-order valence-electron chi connectivity index (χ1n) is 6.87. The standard InChI is InChI=1S/C16H16N4S2/c1-10-7-8-12(9-11(10)2)17-15(21)19-20-16-18-13-5-3-4-6-14(13)22-16/h3-9H,1-2H3,(H,18,20)(H2,17,19,21). The molecular formula is C16H16N4S2. The van der Waals surface area contributed by atoms with Crippen molar-refractivity contribution in [1.82, 2.24) is 10.4 Å². The van der Waals surface area contributed by atoms with Crippen molar-refractivity contribution in [3.05, 3.63) is 53.6 Å². The van der Waals surface area contributed by atoms with E-state index in [1.807, 2.05) is 30.3 Å². The number of benzene rings is 2. The Kier molecular flexibility index (Phi) is 4.22. The molecule has 2 aromatic carbocycles. The third-order valence-electron chi connectivity index (χ3n) is 3.34. The van der Waals surface area contributed by atoms with Crippen LogP contribution in [0.25, 0.3) is 10.2 Å². The molecule has 0 radical (unpaired) electrons. The molecule has 0 aliphatic heterocycles. The number of anilines is 2. The van der Waals surface area contributed by atoms with Gasteiger partial charge in [0.1, 0.15) is 0 Å². The molecule has 22 heavy (non-hydrogen) atoms. The molecule has 3 rings (SSSR count). The lowest BCUT2D eigenvalue weighted by molar-refractivity contribution is 1.13. The molecule has 1 heterocycles. The van der Waals surface area contributed by atoms with Gasteiger partial charge in [-0.1, -0.05) is 29.5 Å². The number of nitrogens with zero attached hydrogens (tertiary/aromatic N) is 1. The zero-order valence-corrected chi connectivity index (χ0v) is 13.9. The number of aryl methyl sites for hydroxylation is 2. The van der Waals surface area contributed by atoms with Crippen LogP contribution in [0.4, 0.5) is 10.8 Å². The number of hydrogen-bond acceptors (Lipinski definition) is 4. The van der Waals surface area contributed by atoms with Crippen LogP contribution in [0.1, 0.15) is 11.1 Å². The molecule has 0 amide bonds. The molecule has 0 aliphatic rings. The van der Waals surface area contributed by atoms with E-state index < -0.39 is 0 Å². The molecule has 0 spiro atoms. The van der Waals surface area contributed by atoms with Gasteiger partial charge in [-0.15, -0.1) is 0 Å². The lowest BCUT2D eigenvalue weighted by Gasteiger charge is -2.11. The topological polar surface area (TPSA) is 49.0 Å². The predicted octanol–water partition coefficient (Wildman–Crippen LogP) is 4.23. The lowest BCUT2D eigenvalue weighted by atomic mass is 10.1. The summed E-state index contributed by atoms with van der Waals surface area (Å²) in [5, 5.41) is 4.43. The molecule has 6 heteroatoms. The minimum atomic E-state index is 0.502. The van der Waals surface area contributed by atoms with E-state index in [4.69, 9.17) is 12.2 Å². The van der Waals surface area contributed by atoms with Gasteiger partial charge in [0, 0.05) is 5.69 Å². The van der Waals surface area contributed by atoms with Gasteiger partial charge in [0.25, 0.3) is 0 Å². The maximum Gasteiger partial charge on any atom is 0.202 e. The van der Waals surface area contributed by atoms with Gasteiger partial charge in [-0.25, -0.2) is 4.98 Å². The van der Waals surface area contributed by atoms with Crippen LogP contribution in [0.2, 0.25) is 0 Å². The Morgan fingerprint density at radius 3 is 2.68 bits per heavy atom. The first-order chi connectivity index (χ1) is 10.6. The summed E-state index contributed by atoms with van der Waals surface area (Å²) in [5.41, 5.74) is 10.4. The van der Waals surface area contributed by atoms with Crippen molar-refractivity contribution in [3.63, 3.8) is 0 Å². The fourth-order valence-corrected chi connectivity index (χ4v) is 3.01. The fourth-order valence-electron chi connectivity index (χ4n) is 2.02. The average molecular weight is 328 g/mol. The minimum Gasteiger partial charge on any atom is -0.331 e. The van der Waals surface area contributed by atoms with E-state index in [9.17, 15) is 0 Å². The largest absolute Gasteiger partial charge is 0.331 e. The SMILES string of the molecule is Cc1ccc(NC(=S)NNc2nc3ccccc3s2)cc1C. The Labute approximate surface area is 138 Å². The summed E-state index contributed by atoms with van der Waals surface area (Å²) in [5.74, 6) is 0. The Hall–Kier alpha value is -2.18. The van der Waals surface area contributed by atoms with Crippen molar-refractivity contribution < 1.29 is 0 Å². The van der Waals surface area contributed by atoms with E-state index in [-0.39, 0.29) is 0 Å². The number of aromatic nitrogens is 1. The molecule has 4 nitrogen and oxygen atoms in total. The number of nitrogens with one attached hydrogen (secondary N) is 3. The highest BCUT2D eigenvalue weighted by atomic mass is 32.1. The highest BCUT2D eigenvalue weighted by Gasteiger charge is 2.03. The summed E-state index contributed by atoms with van der Waals surface area (Å²) in [4.78, 5) is 4.47. The second-order valence-electron chi connectivity index (χ2n) is 4.99. The zero-order chi connectivity index (χ0) is 15.5. The van der Waals surface area contributed by atoms with E-state index in [0.29, 0.717) is 5.11 Å². The molecule has 3 N–H and O–H groups in total. The molecule has 0 atom stereocenters. The molecule has 112 valence electrons. The van der Waals surface area contributed by atoms with E-state index in [1.54, 1.807) is 11.3 Å². The van der Waals surface area contributed by atoms with Gasteiger partial charge in [0.2, 0.25) is 5.13 Å². The summed E-state index contributed by atoms with van der Waals surface area (Å²) in [6.45, 7) is 4.17. The van der Waals surface area contributed by atoms with Gasteiger partial charge in [0.15, 0.2) is 5.11 Å². The quantitative estimate of drug-likeness (QED) is 0.496. The summed E-state index contributed by atoms with van der Waals surface area (Å²) < 4.78 is 1.14. The molecule has 0 saturated heterocycles. The van der Waals surface area contributed by atoms with Crippen LogP contribution >= 0.6 is 23.6 Å². The molecule has 1 aromatic heterocycles. The van der Waals surface area contributed by atoms with E-state index in [0.717, 1.165) is 21.0 Å². The van der Waals surface area contributed by atoms with Crippen molar-refractivity contribution in [3.8, 4) is 0 Å². The maximum absolute atomic E-state index is 5.28. The first kappa shape index (κ1) is 14.7. The van der Waals surface area contributed by atoms with Crippen molar-refractivity contribution in [2.24, 2.45) is 0 Å². The van der Waals surface area contributed by atoms with Gasteiger partial charge in [-0.3, -0.25) is 10.9 Å². The van der Waals surface area contributed by atoms with Crippen LogP contribution < -0.4 is 16.2 Å². The third-order valence-corrected chi connectivity index (χ3v) is 4.50. The van der Waals surface area contributed by atoms with Crippen molar-refractivity contribution >= 4 is 49.7 Å². The number of para-hydroxylation sites is 1. The number of thiocarbonyl (C=S) groups is 1. The van der Waals surface area contributed by atoms with Crippen LogP contribution in [-0.4, -0.2) is 10.1 Å². The number of hydrogen-bond donors (Lipinski definition) is 3. The predicted molar refractivity (Wildman–Crippen MR) is 98.5 cm³/mol. The second kappa shape index (κ2) is 6.29. The lowest BCUT2D eigenvalue weighted by Crippen LogP contribution is -2.33. The Morgan fingerprint density at radius 2 is 1.91 bits per heavy atom. The van der Waals surface area contributed by atoms with Crippen molar-refractivity contribution in [2.45, 2.75) is 13.8 Å².